The smallest absolute Gasteiger partial charge is 0.252 e. The summed E-state index contributed by atoms with van der Waals surface area (Å²) in [5.74, 6) is 0. The second kappa shape index (κ2) is 5.58. The van der Waals surface area contributed by atoms with Gasteiger partial charge in [0.2, 0.25) is 0 Å². The summed E-state index contributed by atoms with van der Waals surface area (Å²) >= 11 is 4.46. The Morgan fingerprint density at radius 1 is 1.39 bits per heavy atom. The molecule has 18 heavy (non-hydrogen) atoms. The van der Waals surface area contributed by atoms with E-state index in [1.54, 1.807) is 19.2 Å². The van der Waals surface area contributed by atoms with Gasteiger partial charge in [0.25, 0.3) is 10.0 Å². The highest BCUT2D eigenvalue weighted by molar-refractivity contribution is 9.11. The van der Waals surface area contributed by atoms with Crippen molar-refractivity contribution < 1.29 is 13.5 Å². The molecule has 1 saturated carbocycles. The number of thiophene rings is 1. The van der Waals surface area contributed by atoms with Gasteiger partial charge in [-0.05, 0) is 40.9 Å². The highest BCUT2D eigenvalue weighted by Gasteiger charge is 2.34. The summed E-state index contributed by atoms with van der Waals surface area (Å²) in [5.41, 5.74) is 0. The quantitative estimate of drug-likeness (QED) is 0.907. The van der Waals surface area contributed by atoms with Crippen molar-refractivity contribution in [2.24, 2.45) is 0 Å². The number of aliphatic hydroxyl groups is 1. The number of halogens is 1. The van der Waals surface area contributed by atoms with E-state index in [0.717, 1.165) is 23.0 Å². The summed E-state index contributed by atoms with van der Waals surface area (Å²) < 4.78 is 27.2. The lowest BCUT2D eigenvalue weighted by Gasteiger charge is -2.34. The minimum absolute atomic E-state index is 0.301. The maximum atomic E-state index is 12.4. The lowest BCUT2D eigenvalue weighted by atomic mass is 9.93. The first-order valence-electron chi connectivity index (χ1n) is 5.84. The van der Waals surface area contributed by atoms with E-state index in [2.05, 4.69) is 15.9 Å². The van der Waals surface area contributed by atoms with Crippen LogP contribution in [-0.2, 0) is 10.0 Å². The molecule has 102 valence electrons. The van der Waals surface area contributed by atoms with Crippen LogP contribution in [0.2, 0.25) is 0 Å². The van der Waals surface area contributed by atoms with Gasteiger partial charge in [0, 0.05) is 7.05 Å². The van der Waals surface area contributed by atoms with Crippen LogP contribution in [0.3, 0.4) is 0 Å². The molecule has 1 fully saturated rings. The fraction of sp³-hybridized carbons (Fsp3) is 0.636. The van der Waals surface area contributed by atoms with E-state index < -0.39 is 16.1 Å². The summed E-state index contributed by atoms with van der Waals surface area (Å²) in [6, 6.07) is 3.02. The van der Waals surface area contributed by atoms with Crippen LogP contribution in [-0.4, -0.2) is 37.0 Å². The molecule has 2 atom stereocenters. The molecule has 0 spiro atoms. The van der Waals surface area contributed by atoms with Crippen molar-refractivity contribution in [3.05, 3.63) is 15.9 Å². The van der Waals surface area contributed by atoms with E-state index in [0.29, 0.717) is 10.6 Å². The summed E-state index contributed by atoms with van der Waals surface area (Å²) in [5, 5.41) is 9.94. The number of aliphatic hydroxyl groups excluding tert-OH is 1. The molecule has 1 aromatic rings. The molecule has 4 nitrogen and oxygen atoms in total. The lowest BCUT2D eigenvalue weighted by Crippen LogP contribution is -2.45. The zero-order valence-corrected chi connectivity index (χ0v) is 13.3. The topological polar surface area (TPSA) is 57.6 Å². The van der Waals surface area contributed by atoms with E-state index in [4.69, 9.17) is 0 Å². The predicted octanol–water partition coefficient (Wildman–Crippen LogP) is 2.43. The maximum absolute atomic E-state index is 12.4. The number of sulfonamides is 1. The zero-order chi connectivity index (χ0) is 13.3. The van der Waals surface area contributed by atoms with Gasteiger partial charge in [-0.2, -0.15) is 4.31 Å². The molecule has 0 saturated heterocycles. The third-order valence-electron chi connectivity index (χ3n) is 3.34. The van der Waals surface area contributed by atoms with Gasteiger partial charge in [0.15, 0.2) is 0 Å². The summed E-state index contributed by atoms with van der Waals surface area (Å²) in [7, 11) is -1.93. The molecular formula is C11H16BrNO3S2. The normalized spacial score (nSPS) is 25.6. The molecule has 1 aromatic heterocycles. The summed E-state index contributed by atoms with van der Waals surface area (Å²) in [4.78, 5) is 0. The maximum Gasteiger partial charge on any atom is 0.252 e. The predicted molar refractivity (Wildman–Crippen MR) is 75.2 cm³/mol. The zero-order valence-electron chi connectivity index (χ0n) is 10.0. The van der Waals surface area contributed by atoms with Crippen LogP contribution in [0.5, 0.6) is 0 Å². The van der Waals surface area contributed by atoms with Crippen LogP contribution in [0.1, 0.15) is 25.7 Å². The van der Waals surface area contributed by atoms with Crippen molar-refractivity contribution in [3.63, 3.8) is 0 Å². The number of likely N-dealkylation sites (N-methyl/N-ethyl adjacent to an activating group) is 1. The molecule has 0 aliphatic heterocycles. The SMILES string of the molecule is CN([C@H]1CCCC[C@@H]1O)S(=O)(=O)c1ccc(Br)s1. The molecule has 1 heterocycles. The average molecular weight is 354 g/mol. The Bertz CT molecular complexity index is 514. The van der Waals surface area contributed by atoms with Crippen molar-refractivity contribution in [1.82, 2.24) is 4.31 Å². The molecule has 2 rings (SSSR count). The van der Waals surface area contributed by atoms with Gasteiger partial charge in [-0.15, -0.1) is 11.3 Å². The van der Waals surface area contributed by atoms with E-state index in [1.165, 1.54) is 15.6 Å². The Balaban J connectivity index is 2.24. The van der Waals surface area contributed by atoms with Crippen molar-refractivity contribution in [3.8, 4) is 0 Å². The number of hydrogen-bond acceptors (Lipinski definition) is 4. The van der Waals surface area contributed by atoms with Gasteiger partial charge in [0.1, 0.15) is 4.21 Å². The van der Waals surface area contributed by atoms with Crippen molar-refractivity contribution in [1.29, 1.82) is 0 Å². The van der Waals surface area contributed by atoms with Crippen LogP contribution in [0, 0.1) is 0 Å². The van der Waals surface area contributed by atoms with Gasteiger partial charge >= 0.3 is 0 Å². The third kappa shape index (κ3) is 2.80. The molecule has 0 bridgehead atoms. The first-order chi connectivity index (χ1) is 8.43. The molecular weight excluding hydrogens is 338 g/mol. The van der Waals surface area contributed by atoms with E-state index >= 15 is 0 Å². The van der Waals surface area contributed by atoms with Gasteiger partial charge in [0.05, 0.1) is 15.9 Å². The molecule has 0 aromatic carbocycles. The molecule has 1 aliphatic carbocycles. The highest BCUT2D eigenvalue weighted by Crippen LogP contribution is 2.31. The Morgan fingerprint density at radius 2 is 2.06 bits per heavy atom. The monoisotopic (exact) mass is 353 g/mol. The lowest BCUT2D eigenvalue weighted by molar-refractivity contribution is 0.0638. The molecule has 7 heteroatoms. The summed E-state index contributed by atoms with van der Waals surface area (Å²) in [6.45, 7) is 0. The minimum Gasteiger partial charge on any atom is -0.391 e. The van der Waals surface area contributed by atoms with Crippen LogP contribution in [0.15, 0.2) is 20.1 Å². The number of hydrogen-bond donors (Lipinski definition) is 1. The first-order valence-corrected chi connectivity index (χ1v) is 8.89. The standard InChI is InChI=1S/C11H16BrNO3S2/c1-13(8-4-2-3-5-9(8)14)18(15,16)11-7-6-10(12)17-11/h6-9,14H,2-5H2,1H3/t8-,9-/m0/s1. The van der Waals surface area contributed by atoms with Gasteiger partial charge in [-0.3, -0.25) is 0 Å². The fourth-order valence-corrected chi connectivity index (χ4v) is 5.88. The van der Waals surface area contributed by atoms with Crippen LogP contribution >= 0.6 is 27.3 Å². The minimum atomic E-state index is -3.49. The number of rotatable bonds is 3. The van der Waals surface area contributed by atoms with E-state index in [-0.39, 0.29) is 6.04 Å². The molecule has 0 amide bonds. The van der Waals surface area contributed by atoms with Crippen molar-refractivity contribution >= 4 is 37.3 Å². The van der Waals surface area contributed by atoms with Crippen molar-refractivity contribution in [2.45, 2.75) is 42.0 Å². The fourth-order valence-electron chi connectivity index (χ4n) is 2.27. The first kappa shape index (κ1) is 14.5. The highest BCUT2D eigenvalue weighted by atomic mass is 79.9. The largest absolute Gasteiger partial charge is 0.391 e. The Hall–Kier alpha value is 0.0500. The van der Waals surface area contributed by atoms with Crippen molar-refractivity contribution in [2.75, 3.05) is 7.05 Å². The molecule has 0 unspecified atom stereocenters. The number of nitrogens with zero attached hydrogens (tertiary/aromatic N) is 1. The van der Waals surface area contributed by atoms with Gasteiger partial charge in [-0.25, -0.2) is 8.42 Å². The molecule has 1 aliphatic rings. The van der Waals surface area contributed by atoms with Crippen LogP contribution in [0.25, 0.3) is 0 Å². The second-order valence-electron chi connectivity index (χ2n) is 4.50. The summed E-state index contributed by atoms with van der Waals surface area (Å²) in [6.07, 6.45) is 2.79. The third-order valence-corrected chi connectivity index (χ3v) is 7.32. The average Bonchev–Trinajstić information content (AvgIpc) is 2.76. The molecule has 0 radical (unpaired) electrons. The Morgan fingerprint density at radius 3 is 2.61 bits per heavy atom. The molecule has 1 N–H and O–H groups in total. The van der Waals surface area contributed by atoms with Gasteiger partial charge < -0.3 is 5.11 Å². The second-order valence-corrected chi connectivity index (χ2v) is 9.19. The Kier molecular flexibility index (Phi) is 4.48. The van der Waals surface area contributed by atoms with Crippen LogP contribution < -0.4 is 0 Å². The van der Waals surface area contributed by atoms with Crippen LogP contribution in [0.4, 0.5) is 0 Å². The Labute approximate surface area is 120 Å². The van der Waals surface area contributed by atoms with E-state index in [1.807, 2.05) is 0 Å². The van der Waals surface area contributed by atoms with E-state index in [9.17, 15) is 13.5 Å². The van der Waals surface area contributed by atoms with Gasteiger partial charge in [-0.1, -0.05) is 12.8 Å².